The number of hydrogen-bond acceptors (Lipinski definition) is 6. The standard InChI is InChI=1S/C17H15N3O2S2/c1-12-5-2-3-6-13(12)11-23-17-20-19-16(24-17)18-15(21)9-8-14-7-4-10-22-14/h2-10H,11H2,1H3,(H,18,19,21)/b9-8+. The van der Waals surface area contributed by atoms with Crippen LogP contribution in [0.5, 0.6) is 0 Å². The van der Waals surface area contributed by atoms with E-state index in [1.165, 1.54) is 28.5 Å². The van der Waals surface area contributed by atoms with E-state index in [0.717, 1.165) is 10.1 Å². The van der Waals surface area contributed by atoms with E-state index in [9.17, 15) is 4.79 Å². The molecule has 0 aliphatic rings. The Labute approximate surface area is 147 Å². The second-order valence-electron chi connectivity index (χ2n) is 4.93. The van der Waals surface area contributed by atoms with Crippen molar-refractivity contribution in [2.75, 3.05) is 5.32 Å². The Morgan fingerprint density at radius 2 is 2.17 bits per heavy atom. The number of aryl methyl sites for hydroxylation is 1. The first kappa shape index (κ1) is 16.5. The monoisotopic (exact) mass is 357 g/mol. The third-order valence-electron chi connectivity index (χ3n) is 3.19. The van der Waals surface area contributed by atoms with Gasteiger partial charge in [0.25, 0.3) is 0 Å². The number of amides is 1. The highest BCUT2D eigenvalue weighted by molar-refractivity contribution is 8.00. The second-order valence-corrected chi connectivity index (χ2v) is 7.13. The third-order valence-corrected chi connectivity index (χ3v) is 5.21. The van der Waals surface area contributed by atoms with Gasteiger partial charge in [0.15, 0.2) is 4.34 Å². The number of anilines is 1. The van der Waals surface area contributed by atoms with Crippen molar-refractivity contribution >= 4 is 40.2 Å². The molecule has 3 aromatic rings. The number of furan rings is 1. The molecule has 7 heteroatoms. The fraction of sp³-hybridized carbons (Fsp3) is 0.118. The summed E-state index contributed by atoms with van der Waals surface area (Å²) in [6, 6.07) is 11.8. The summed E-state index contributed by atoms with van der Waals surface area (Å²) in [5, 5.41) is 11.3. The molecule has 5 nitrogen and oxygen atoms in total. The van der Waals surface area contributed by atoms with Gasteiger partial charge in [0.1, 0.15) is 5.76 Å². The Bertz CT molecular complexity index is 841. The zero-order valence-electron chi connectivity index (χ0n) is 12.9. The maximum absolute atomic E-state index is 11.8. The molecule has 0 aliphatic carbocycles. The van der Waals surface area contributed by atoms with Crippen molar-refractivity contribution in [3.63, 3.8) is 0 Å². The van der Waals surface area contributed by atoms with E-state index in [1.807, 2.05) is 12.1 Å². The van der Waals surface area contributed by atoms with Gasteiger partial charge in [-0.25, -0.2) is 0 Å². The molecule has 0 saturated carbocycles. The van der Waals surface area contributed by atoms with E-state index in [0.29, 0.717) is 10.9 Å². The quantitative estimate of drug-likeness (QED) is 0.403. The summed E-state index contributed by atoms with van der Waals surface area (Å²) in [5.41, 5.74) is 2.52. The predicted octanol–water partition coefficient (Wildman–Crippen LogP) is 4.38. The molecule has 2 heterocycles. The zero-order valence-corrected chi connectivity index (χ0v) is 14.6. The number of hydrogen-bond donors (Lipinski definition) is 1. The van der Waals surface area contributed by atoms with Gasteiger partial charge in [0.05, 0.1) is 6.26 Å². The SMILES string of the molecule is Cc1ccccc1CSc1nnc(NC(=O)/C=C/c2ccco2)s1. The number of nitrogens with zero attached hydrogens (tertiary/aromatic N) is 2. The highest BCUT2D eigenvalue weighted by atomic mass is 32.2. The summed E-state index contributed by atoms with van der Waals surface area (Å²) in [4.78, 5) is 11.8. The maximum atomic E-state index is 11.8. The van der Waals surface area contributed by atoms with Crippen LogP contribution in [0.2, 0.25) is 0 Å². The summed E-state index contributed by atoms with van der Waals surface area (Å²) in [6.45, 7) is 2.09. The topological polar surface area (TPSA) is 68.0 Å². The summed E-state index contributed by atoms with van der Waals surface area (Å²) in [5.74, 6) is 1.18. The van der Waals surface area contributed by atoms with Crippen LogP contribution in [-0.2, 0) is 10.5 Å². The first-order chi connectivity index (χ1) is 11.7. The molecule has 0 spiro atoms. The molecule has 1 N–H and O–H groups in total. The van der Waals surface area contributed by atoms with Gasteiger partial charge in [-0.05, 0) is 36.3 Å². The minimum atomic E-state index is -0.266. The number of carbonyl (C=O) groups is 1. The fourth-order valence-corrected chi connectivity index (χ4v) is 3.75. The van der Waals surface area contributed by atoms with E-state index in [4.69, 9.17) is 4.42 Å². The summed E-state index contributed by atoms with van der Waals surface area (Å²) in [6.07, 6.45) is 4.56. The Hall–Kier alpha value is -2.38. The smallest absolute Gasteiger partial charge is 0.250 e. The Balaban J connectivity index is 1.53. The molecule has 0 radical (unpaired) electrons. The van der Waals surface area contributed by atoms with Crippen LogP contribution in [0.3, 0.4) is 0 Å². The van der Waals surface area contributed by atoms with Gasteiger partial charge >= 0.3 is 0 Å². The second kappa shape index (κ2) is 7.94. The van der Waals surface area contributed by atoms with Crippen molar-refractivity contribution in [3.8, 4) is 0 Å². The van der Waals surface area contributed by atoms with E-state index in [2.05, 4.69) is 34.6 Å². The number of aromatic nitrogens is 2. The van der Waals surface area contributed by atoms with Crippen LogP contribution in [0.25, 0.3) is 6.08 Å². The summed E-state index contributed by atoms with van der Waals surface area (Å²) >= 11 is 2.97. The lowest BCUT2D eigenvalue weighted by Gasteiger charge is -2.02. The van der Waals surface area contributed by atoms with Crippen molar-refractivity contribution in [1.29, 1.82) is 0 Å². The van der Waals surface area contributed by atoms with Gasteiger partial charge in [-0.2, -0.15) is 0 Å². The molecule has 1 aromatic carbocycles. The van der Waals surface area contributed by atoms with Crippen molar-refractivity contribution < 1.29 is 9.21 Å². The Kier molecular flexibility index (Phi) is 5.45. The number of nitrogens with one attached hydrogen (secondary N) is 1. The molecule has 0 atom stereocenters. The molecule has 0 unspecified atom stereocenters. The van der Waals surface area contributed by atoms with E-state index in [1.54, 1.807) is 36.2 Å². The van der Waals surface area contributed by atoms with Crippen LogP contribution in [0.4, 0.5) is 5.13 Å². The molecular formula is C17H15N3O2S2. The van der Waals surface area contributed by atoms with Gasteiger partial charge in [0.2, 0.25) is 11.0 Å². The van der Waals surface area contributed by atoms with Crippen LogP contribution >= 0.6 is 23.1 Å². The van der Waals surface area contributed by atoms with Gasteiger partial charge < -0.3 is 4.42 Å². The molecule has 1 amide bonds. The predicted molar refractivity (Wildman–Crippen MR) is 97.0 cm³/mol. The molecule has 0 saturated heterocycles. The summed E-state index contributed by atoms with van der Waals surface area (Å²) < 4.78 is 5.95. The van der Waals surface area contributed by atoms with Gasteiger partial charge in [0, 0.05) is 11.8 Å². The average molecular weight is 357 g/mol. The van der Waals surface area contributed by atoms with Crippen LogP contribution in [-0.4, -0.2) is 16.1 Å². The minimum Gasteiger partial charge on any atom is -0.465 e. The van der Waals surface area contributed by atoms with E-state index < -0.39 is 0 Å². The molecule has 0 aliphatic heterocycles. The van der Waals surface area contributed by atoms with Crippen molar-refractivity contribution in [2.45, 2.75) is 17.0 Å². The lowest BCUT2D eigenvalue weighted by Crippen LogP contribution is -2.07. The van der Waals surface area contributed by atoms with Gasteiger partial charge in [-0.3, -0.25) is 10.1 Å². The van der Waals surface area contributed by atoms with Crippen LogP contribution in [0.1, 0.15) is 16.9 Å². The molecule has 0 fully saturated rings. The van der Waals surface area contributed by atoms with Crippen LogP contribution < -0.4 is 5.32 Å². The van der Waals surface area contributed by atoms with Crippen molar-refractivity contribution in [2.24, 2.45) is 0 Å². The van der Waals surface area contributed by atoms with E-state index >= 15 is 0 Å². The molecule has 122 valence electrons. The molecular weight excluding hydrogens is 342 g/mol. The fourth-order valence-electron chi connectivity index (χ4n) is 1.92. The summed E-state index contributed by atoms with van der Waals surface area (Å²) in [7, 11) is 0. The largest absolute Gasteiger partial charge is 0.465 e. The number of carbonyl (C=O) groups excluding carboxylic acids is 1. The Morgan fingerprint density at radius 3 is 2.96 bits per heavy atom. The molecule has 3 rings (SSSR count). The normalized spacial score (nSPS) is 11.0. The number of benzene rings is 1. The van der Waals surface area contributed by atoms with Crippen molar-refractivity contribution in [3.05, 3.63) is 65.6 Å². The van der Waals surface area contributed by atoms with E-state index in [-0.39, 0.29) is 5.91 Å². The molecule has 0 bridgehead atoms. The van der Waals surface area contributed by atoms with Crippen LogP contribution in [0.15, 0.2) is 57.5 Å². The lowest BCUT2D eigenvalue weighted by molar-refractivity contribution is -0.111. The number of thioether (sulfide) groups is 1. The first-order valence-corrected chi connectivity index (χ1v) is 9.04. The first-order valence-electron chi connectivity index (χ1n) is 7.24. The minimum absolute atomic E-state index is 0.266. The molecule has 24 heavy (non-hydrogen) atoms. The number of rotatable bonds is 6. The lowest BCUT2D eigenvalue weighted by atomic mass is 10.1. The maximum Gasteiger partial charge on any atom is 0.250 e. The van der Waals surface area contributed by atoms with Crippen LogP contribution in [0, 0.1) is 6.92 Å². The third kappa shape index (κ3) is 4.56. The Morgan fingerprint density at radius 1 is 1.29 bits per heavy atom. The van der Waals surface area contributed by atoms with Gasteiger partial charge in [-0.1, -0.05) is 47.4 Å². The average Bonchev–Trinajstić information content (AvgIpc) is 3.24. The molecule has 2 aromatic heterocycles. The van der Waals surface area contributed by atoms with Gasteiger partial charge in [-0.15, -0.1) is 10.2 Å². The zero-order chi connectivity index (χ0) is 16.8. The van der Waals surface area contributed by atoms with Crippen molar-refractivity contribution in [1.82, 2.24) is 10.2 Å². The highest BCUT2D eigenvalue weighted by Crippen LogP contribution is 2.29. The highest BCUT2D eigenvalue weighted by Gasteiger charge is 2.08.